The molecule has 0 aliphatic carbocycles. The normalized spacial score (nSPS) is 11.6. The van der Waals surface area contributed by atoms with E-state index in [0.29, 0.717) is 6.42 Å². The number of terminal acetylenes is 1. The Kier molecular flexibility index (Phi) is 4.87. The highest BCUT2D eigenvalue weighted by atomic mass is 16.4. The number of carboxylic acids is 1. The van der Waals surface area contributed by atoms with Gasteiger partial charge in [0, 0.05) is 12.5 Å². The number of aromatic nitrogens is 3. The third kappa shape index (κ3) is 3.90. The Hall–Kier alpha value is -2.36. The van der Waals surface area contributed by atoms with Crippen LogP contribution in [0.25, 0.3) is 0 Å². The van der Waals surface area contributed by atoms with Gasteiger partial charge in [0.05, 0.1) is 6.20 Å². The van der Waals surface area contributed by atoms with Gasteiger partial charge in [-0.3, -0.25) is 4.79 Å². The molecule has 1 atom stereocenters. The second-order valence-electron chi connectivity index (χ2n) is 3.69. The molecule has 1 unspecified atom stereocenters. The quantitative estimate of drug-likeness (QED) is 0.687. The lowest BCUT2D eigenvalue weighted by Crippen LogP contribution is -2.36. The number of hydrogen-bond acceptors (Lipinski definition) is 4. The van der Waals surface area contributed by atoms with Crippen LogP contribution >= 0.6 is 0 Å². The van der Waals surface area contributed by atoms with Crippen molar-refractivity contribution < 1.29 is 14.7 Å². The van der Waals surface area contributed by atoms with Crippen molar-refractivity contribution in [2.45, 2.75) is 32.4 Å². The lowest BCUT2D eigenvalue weighted by molar-refractivity contribution is -0.122. The number of hydrogen-bond donors (Lipinski definition) is 2. The maximum Gasteiger partial charge on any atom is 0.358 e. The number of carbonyl (C=O) groups is 2. The molecule has 0 bridgehead atoms. The number of amides is 1. The average molecular weight is 250 g/mol. The van der Waals surface area contributed by atoms with Crippen LogP contribution in [0.4, 0.5) is 0 Å². The summed E-state index contributed by atoms with van der Waals surface area (Å²) in [5.74, 6) is 1.02. The van der Waals surface area contributed by atoms with Crippen LogP contribution in [-0.4, -0.2) is 38.0 Å². The van der Waals surface area contributed by atoms with Crippen molar-refractivity contribution in [1.29, 1.82) is 0 Å². The van der Waals surface area contributed by atoms with E-state index < -0.39 is 5.97 Å². The number of nitrogens with one attached hydrogen (secondary N) is 1. The fourth-order valence-electron chi connectivity index (χ4n) is 1.33. The highest BCUT2D eigenvalue weighted by molar-refractivity contribution is 5.84. The van der Waals surface area contributed by atoms with Gasteiger partial charge >= 0.3 is 5.97 Å². The predicted octanol–water partition coefficient (Wildman–Crippen LogP) is -0.106. The van der Waals surface area contributed by atoms with Gasteiger partial charge < -0.3 is 10.4 Å². The first-order chi connectivity index (χ1) is 8.56. The lowest BCUT2D eigenvalue weighted by Gasteiger charge is -2.13. The summed E-state index contributed by atoms with van der Waals surface area (Å²) >= 11 is 0. The molecular formula is C11H14N4O3. The Morgan fingerprint density at radius 1 is 1.67 bits per heavy atom. The molecule has 1 rings (SSSR count). The third-order valence-electron chi connectivity index (χ3n) is 2.29. The second-order valence-corrected chi connectivity index (χ2v) is 3.69. The van der Waals surface area contributed by atoms with Crippen LogP contribution in [0.1, 0.15) is 30.3 Å². The third-order valence-corrected chi connectivity index (χ3v) is 2.29. The van der Waals surface area contributed by atoms with Gasteiger partial charge in [0.1, 0.15) is 6.54 Å². The summed E-state index contributed by atoms with van der Waals surface area (Å²) in [5.41, 5.74) is -0.196. The minimum atomic E-state index is -1.18. The predicted molar refractivity (Wildman–Crippen MR) is 62.7 cm³/mol. The molecule has 0 fully saturated rings. The zero-order valence-corrected chi connectivity index (χ0v) is 9.96. The van der Waals surface area contributed by atoms with Gasteiger partial charge in [0.25, 0.3) is 0 Å². The van der Waals surface area contributed by atoms with Gasteiger partial charge in [0.2, 0.25) is 5.91 Å². The van der Waals surface area contributed by atoms with Crippen molar-refractivity contribution in [3.05, 3.63) is 11.9 Å². The summed E-state index contributed by atoms with van der Waals surface area (Å²) in [6.07, 6.45) is 7.56. The molecule has 1 heterocycles. The topological polar surface area (TPSA) is 97.1 Å². The van der Waals surface area contributed by atoms with E-state index in [-0.39, 0.29) is 24.2 Å². The summed E-state index contributed by atoms with van der Waals surface area (Å²) in [6.45, 7) is 1.83. The SMILES string of the molecule is C#CCC(CC)NC(=O)Cn1cc(C(=O)O)nn1. The molecular weight excluding hydrogens is 236 g/mol. The van der Waals surface area contributed by atoms with Gasteiger partial charge in [-0.05, 0) is 6.42 Å². The van der Waals surface area contributed by atoms with Gasteiger partial charge in [-0.2, -0.15) is 0 Å². The van der Waals surface area contributed by atoms with E-state index in [1.165, 1.54) is 10.9 Å². The van der Waals surface area contributed by atoms with E-state index >= 15 is 0 Å². The first-order valence-corrected chi connectivity index (χ1v) is 5.43. The van der Waals surface area contributed by atoms with E-state index in [1.54, 1.807) is 0 Å². The van der Waals surface area contributed by atoms with E-state index in [0.717, 1.165) is 6.42 Å². The molecule has 1 aromatic rings. The van der Waals surface area contributed by atoms with Crippen LogP contribution in [0.2, 0.25) is 0 Å². The molecule has 96 valence electrons. The molecule has 0 saturated heterocycles. The number of rotatable bonds is 6. The minimum absolute atomic E-state index is 0.0787. The molecule has 18 heavy (non-hydrogen) atoms. The van der Waals surface area contributed by atoms with Crippen molar-refractivity contribution in [2.75, 3.05) is 0 Å². The summed E-state index contributed by atoms with van der Waals surface area (Å²) in [4.78, 5) is 22.2. The summed E-state index contributed by atoms with van der Waals surface area (Å²) in [5, 5.41) is 18.3. The van der Waals surface area contributed by atoms with Crippen LogP contribution in [0.5, 0.6) is 0 Å². The summed E-state index contributed by atoms with van der Waals surface area (Å²) in [6, 6.07) is -0.0787. The number of nitrogens with zero attached hydrogens (tertiary/aromatic N) is 3. The lowest BCUT2D eigenvalue weighted by atomic mass is 10.1. The molecule has 1 amide bonds. The Balaban J connectivity index is 2.53. The Morgan fingerprint density at radius 2 is 2.39 bits per heavy atom. The smallest absolute Gasteiger partial charge is 0.358 e. The largest absolute Gasteiger partial charge is 0.476 e. The van der Waals surface area contributed by atoms with E-state index in [9.17, 15) is 9.59 Å². The fourth-order valence-corrected chi connectivity index (χ4v) is 1.33. The molecule has 0 aromatic carbocycles. The van der Waals surface area contributed by atoms with Crippen LogP contribution < -0.4 is 5.32 Å². The Bertz CT molecular complexity index is 475. The highest BCUT2D eigenvalue weighted by Crippen LogP contribution is 1.97. The number of aromatic carboxylic acids is 1. The monoisotopic (exact) mass is 250 g/mol. The van der Waals surface area contributed by atoms with Crippen LogP contribution in [0.15, 0.2) is 6.20 Å². The van der Waals surface area contributed by atoms with Crippen LogP contribution in [0.3, 0.4) is 0 Å². The number of carbonyl (C=O) groups excluding carboxylic acids is 1. The zero-order chi connectivity index (χ0) is 13.5. The maximum absolute atomic E-state index is 11.6. The molecule has 7 nitrogen and oxygen atoms in total. The molecule has 0 radical (unpaired) electrons. The second kappa shape index (κ2) is 6.39. The Labute approximate surface area is 104 Å². The minimum Gasteiger partial charge on any atom is -0.476 e. The fraction of sp³-hybridized carbons (Fsp3) is 0.455. The standard InChI is InChI=1S/C11H14N4O3/c1-3-5-8(4-2)12-10(16)7-15-6-9(11(17)18)13-14-15/h1,6,8H,4-5,7H2,2H3,(H,12,16)(H,17,18). The van der Waals surface area contributed by atoms with E-state index in [1.807, 2.05) is 6.92 Å². The van der Waals surface area contributed by atoms with Gasteiger partial charge in [-0.25, -0.2) is 9.48 Å². The van der Waals surface area contributed by atoms with Crippen LogP contribution in [0, 0.1) is 12.3 Å². The Morgan fingerprint density at radius 3 is 2.89 bits per heavy atom. The highest BCUT2D eigenvalue weighted by Gasteiger charge is 2.12. The van der Waals surface area contributed by atoms with Crippen LogP contribution in [-0.2, 0) is 11.3 Å². The van der Waals surface area contributed by atoms with Crippen molar-refractivity contribution in [1.82, 2.24) is 20.3 Å². The summed E-state index contributed by atoms with van der Waals surface area (Å²) < 4.78 is 1.17. The molecule has 7 heteroatoms. The van der Waals surface area contributed by atoms with E-state index in [2.05, 4.69) is 21.5 Å². The molecule has 0 saturated carbocycles. The number of carboxylic acid groups (broad SMARTS) is 1. The average Bonchev–Trinajstić information content (AvgIpc) is 2.77. The maximum atomic E-state index is 11.6. The summed E-state index contributed by atoms with van der Waals surface area (Å²) in [7, 11) is 0. The van der Waals surface area contributed by atoms with Gasteiger partial charge in [-0.1, -0.05) is 12.1 Å². The zero-order valence-electron chi connectivity index (χ0n) is 9.96. The molecule has 2 N–H and O–H groups in total. The molecule has 0 aliphatic heterocycles. The van der Waals surface area contributed by atoms with Gasteiger partial charge in [-0.15, -0.1) is 17.4 Å². The van der Waals surface area contributed by atoms with Crippen molar-refractivity contribution in [2.24, 2.45) is 0 Å². The van der Waals surface area contributed by atoms with Gasteiger partial charge in [0.15, 0.2) is 5.69 Å². The van der Waals surface area contributed by atoms with Crippen molar-refractivity contribution in [3.8, 4) is 12.3 Å². The van der Waals surface area contributed by atoms with Crippen molar-refractivity contribution in [3.63, 3.8) is 0 Å². The molecule has 0 aliphatic rings. The first-order valence-electron chi connectivity index (χ1n) is 5.43. The first kappa shape index (κ1) is 13.7. The molecule has 0 spiro atoms. The van der Waals surface area contributed by atoms with E-state index in [4.69, 9.17) is 11.5 Å². The molecule has 1 aromatic heterocycles. The van der Waals surface area contributed by atoms with Crippen molar-refractivity contribution >= 4 is 11.9 Å².